The molecule has 0 amide bonds. The number of anilines is 1. The SMILES string of the molecule is CCC(CSC)n1c(N)nc2cc(F)c(Cl)cc21. The van der Waals surface area contributed by atoms with Crippen molar-refractivity contribution in [2.24, 2.45) is 0 Å². The Morgan fingerprint density at radius 1 is 1.56 bits per heavy atom. The molecule has 18 heavy (non-hydrogen) atoms. The molecule has 2 aromatic rings. The van der Waals surface area contributed by atoms with Crippen LogP contribution in [0.2, 0.25) is 5.02 Å². The number of imidazole rings is 1. The zero-order valence-corrected chi connectivity index (χ0v) is 11.9. The fourth-order valence-electron chi connectivity index (χ4n) is 2.06. The first-order valence-electron chi connectivity index (χ1n) is 5.69. The molecule has 1 heterocycles. The lowest BCUT2D eigenvalue weighted by atomic mass is 10.2. The van der Waals surface area contributed by atoms with Crippen molar-refractivity contribution >= 4 is 40.3 Å². The summed E-state index contributed by atoms with van der Waals surface area (Å²) in [6.07, 6.45) is 2.98. The molecule has 0 fully saturated rings. The van der Waals surface area contributed by atoms with E-state index < -0.39 is 5.82 Å². The van der Waals surface area contributed by atoms with Crippen LogP contribution >= 0.6 is 23.4 Å². The molecule has 2 N–H and O–H groups in total. The molecule has 1 aromatic carbocycles. The Morgan fingerprint density at radius 3 is 2.89 bits per heavy atom. The Morgan fingerprint density at radius 2 is 2.28 bits per heavy atom. The van der Waals surface area contributed by atoms with Gasteiger partial charge in [-0.25, -0.2) is 9.37 Å². The topological polar surface area (TPSA) is 43.8 Å². The van der Waals surface area contributed by atoms with Gasteiger partial charge in [-0.15, -0.1) is 0 Å². The zero-order chi connectivity index (χ0) is 13.3. The van der Waals surface area contributed by atoms with Gasteiger partial charge in [0.1, 0.15) is 5.82 Å². The van der Waals surface area contributed by atoms with Gasteiger partial charge in [0.2, 0.25) is 5.95 Å². The second-order valence-corrected chi connectivity index (χ2v) is 5.43. The number of nitrogens with zero attached hydrogens (tertiary/aromatic N) is 2. The summed E-state index contributed by atoms with van der Waals surface area (Å²) in [5, 5.41) is 0.0997. The van der Waals surface area contributed by atoms with Crippen molar-refractivity contribution in [3.05, 3.63) is 23.0 Å². The third-order valence-corrected chi connectivity index (χ3v) is 3.96. The fraction of sp³-hybridized carbons (Fsp3) is 0.417. The number of hydrogen-bond donors (Lipinski definition) is 1. The van der Waals surface area contributed by atoms with Gasteiger partial charge in [-0.2, -0.15) is 11.8 Å². The van der Waals surface area contributed by atoms with Crippen LogP contribution in [0.25, 0.3) is 11.0 Å². The van der Waals surface area contributed by atoms with E-state index in [1.807, 2.05) is 10.8 Å². The monoisotopic (exact) mass is 287 g/mol. The Kier molecular flexibility index (Phi) is 4.02. The van der Waals surface area contributed by atoms with Crippen LogP contribution in [0.5, 0.6) is 0 Å². The molecule has 98 valence electrons. The number of rotatable bonds is 4. The molecule has 0 aliphatic carbocycles. The second-order valence-electron chi connectivity index (χ2n) is 4.11. The van der Waals surface area contributed by atoms with Crippen molar-refractivity contribution in [1.82, 2.24) is 9.55 Å². The summed E-state index contributed by atoms with van der Waals surface area (Å²) < 4.78 is 15.3. The van der Waals surface area contributed by atoms with Crippen molar-refractivity contribution < 1.29 is 4.39 Å². The molecule has 1 aromatic heterocycles. The lowest BCUT2D eigenvalue weighted by molar-refractivity contribution is 0.560. The molecule has 6 heteroatoms. The lowest BCUT2D eigenvalue weighted by Crippen LogP contribution is -2.13. The summed E-state index contributed by atoms with van der Waals surface area (Å²) in [5.74, 6) is 0.875. The molecule has 0 spiro atoms. The number of hydrogen-bond acceptors (Lipinski definition) is 3. The van der Waals surface area contributed by atoms with E-state index in [2.05, 4.69) is 11.9 Å². The maximum atomic E-state index is 13.4. The molecule has 0 radical (unpaired) electrons. The first-order chi connectivity index (χ1) is 8.58. The summed E-state index contributed by atoms with van der Waals surface area (Å²) >= 11 is 7.58. The van der Waals surface area contributed by atoms with E-state index in [4.69, 9.17) is 17.3 Å². The van der Waals surface area contributed by atoms with Gasteiger partial charge in [-0.05, 0) is 18.7 Å². The molecule has 3 nitrogen and oxygen atoms in total. The Hall–Kier alpha value is -0.940. The van der Waals surface area contributed by atoms with Gasteiger partial charge in [-0.3, -0.25) is 0 Å². The van der Waals surface area contributed by atoms with E-state index in [0.717, 1.165) is 17.7 Å². The van der Waals surface area contributed by atoms with Crippen LogP contribution in [-0.2, 0) is 0 Å². The number of fused-ring (bicyclic) bond motifs is 1. The van der Waals surface area contributed by atoms with E-state index in [0.29, 0.717) is 11.5 Å². The van der Waals surface area contributed by atoms with Crippen LogP contribution in [0.4, 0.5) is 10.3 Å². The molecule has 0 bridgehead atoms. The molecule has 0 aliphatic heterocycles. The van der Waals surface area contributed by atoms with Gasteiger partial charge < -0.3 is 10.3 Å². The minimum absolute atomic E-state index is 0.0997. The number of thioether (sulfide) groups is 1. The average Bonchev–Trinajstić information content (AvgIpc) is 2.63. The second kappa shape index (κ2) is 5.36. The minimum Gasteiger partial charge on any atom is -0.369 e. The van der Waals surface area contributed by atoms with Crippen LogP contribution < -0.4 is 5.73 Å². The number of nitrogen functional groups attached to an aromatic ring is 1. The van der Waals surface area contributed by atoms with Crippen LogP contribution in [0.1, 0.15) is 19.4 Å². The summed E-state index contributed by atoms with van der Waals surface area (Å²) in [5.41, 5.74) is 7.28. The predicted octanol–water partition coefficient (Wildman–Crippen LogP) is 3.73. The number of nitrogens with two attached hydrogens (primary N) is 1. The van der Waals surface area contributed by atoms with Gasteiger partial charge in [-0.1, -0.05) is 18.5 Å². The smallest absolute Gasteiger partial charge is 0.201 e. The average molecular weight is 288 g/mol. The standard InChI is InChI=1S/C12H15ClFN3S/c1-3-7(6-18-2)17-11-4-8(13)9(14)5-10(11)16-12(17)15/h4-5,7H,3,6H2,1-2H3,(H2,15,16). The minimum atomic E-state index is -0.466. The highest BCUT2D eigenvalue weighted by Gasteiger charge is 2.17. The van der Waals surface area contributed by atoms with Crippen LogP contribution in [0.15, 0.2) is 12.1 Å². The van der Waals surface area contributed by atoms with Gasteiger partial charge in [0.15, 0.2) is 0 Å². The van der Waals surface area contributed by atoms with E-state index >= 15 is 0 Å². The summed E-state index contributed by atoms with van der Waals surface area (Å²) in [6.45, 7) is 2.09. The normalized spacial score (nSPS) is 13.1. The maximum Gasteiger partial charge on any atom is 0.201 e. The number of aromatic nitrogens is 2. The lowest BCUT2D eigenvalue weighted by Gasteiger charge is -2.18. The Balaban J connectivity index is 2.62. The van der Waals surface area contributed by atoms with Crippen LogP contribution in [-0.4, -0.2) is 21.6 Å². The molecule has 0 saturated carbocycles. The van der Waals surface area contributed by atoms with Gasteiger partial charge >= 0.3 is 0 Å². The van der Waals surface area contributed by atoms with E-state index in [1.54, 1.807) is 17.8 Å². The van der Waals surface area contributed by atoms with E-state index in [9.17, 15) is 4.39 Å². The Bertz CT molecular complexity index is 570. The summed E-state index contributed by atoms with van der Waals surface area (Å²) in [6, 6.07) is 3.17. The molecule has 2 rings (SSSR count). The highest BCUT2D eigenvalue weighted by atomic mass is 35.5. The Labute approximate surface area is 115 Å². The molecule has 0 saturated heterocycles. The molecule has 0 aliphatic rings. The number of halogens is 2. The van der Waals surface area contributed by atoms with Gasteiger partial charge in [0.05, 0.1) is 16.1 Å². The van der Waals surface area contributed by atoms with Gasteiger partial charge in [0, 0.05) is 17.9 Å². The van der Waals surface area contributed by atoms with Crippen LogP contribution in [0.3, 0.4) is 0 Å². The van der Waals surface area contributed by atoms with Crippen molar-refractivity contribution in [3.63, 3.8) is 0 Å². The van der Waals surface area contributed by atoms with Crippen molar-refractivity contribution in [3.8, 4) is 0 Å². The molecular weight excluding hydrogens is 273 g/mol. The molecular formula is C12H15ClFN3S. The van der Waals surface area contributed by atoms with Crippen molar-refractivity contribution in [2.45, 2.75) is 19.4 Å². The molecule has 1 unspecified atom stereocenters. The third-order valence-electron chi connectivity index (χ3n) is 2.95. The maximum absolute atomic E-state index is 13.4. The largest absolute Gasteiger partial charge is 0.369 e. The fourth-order valence-corrected chi connectivity index (χ4v) is 2.99. The quantitative estimate of drug-likeness (QED) is 0.932. The van der Waals surface area contributed by atoms with Crippen molar-refractivity contribution in [2.75, 3.05) is 17.7 Å². The number of benzene rings is 1. The van der Waals surface area contributed by atoms with Crippen molar-refractivity contribution in [1.29, 1.82) is 0 Å². The molecule has 1 atom stereocenters. The van der Waals surface area contributed by atoms with Gasteiger partial charge in [0.25, 0.3) is 0 Å². The van der Waals surface area contributed by atoms with E-state index in [1.165, 1.54) is 6.07 Å². The zero-order valence-electron chi connectivity index (χ0n) is 10.3. The summed E-state index contributed by atoms with van der Waals surface area (Å²) in [4.78, 5) is 4.20. The predicted molar refractivity (Wildman–Crippen MR) is 76.8 cm³/mol. The first-order valence-corrected chi connectivity index (χ1v) is 7.47. The third kappa shape index (κ3) is 2.29. The summed E-state index contributed by atoms with van der Waals surface area (Å²) in [7, 11) is 0. The first kappa shape index (κ1) is 13.5. The van der Waals surface area contributed by atoms with E-state index in [-0.39, 0.29) is 11.1 Å². The van der Waals surface area contributed by atoms with Crippen LogP contribution in [0, 0.1) is 5.82 Å². The highest BCUT2D eigenvalue weighted by Crippen LogP contribution is 2.29. The highest BCUT2D eigenvalue weighted by molar-refractivity contribution is 7.98.